The van der Waals surface area contributed by atoms with Crippen LogP contribution < -0.4 is 0 Å². The fourth-order valence-corrected chi connectivity index (χ4v) is 1.69. The maximum absolute atomic E-state index is 11.7. The highest BCUT2D eigenvalue weighted by Crippen LogP contribution is 2.15. The first-order valence-electron chi connectivity index (χ1n) is 5.54. The van der Waals surface area contributed by atoms with Gasteiger partial charge in [-0.05, 0) is 37.5 Å². The van der Waals surface area contributed by atoms with Crippen LogP contribution in [-0.4, -0.2) is 24.7 Å². The smallest absolute Gasteiger partial charge is 0.338 e. The Hall–Kier alpha value is -1.35. The molecule has 0 bridgehead atoms. The lowest BCUT2D eigenvalue weighted by Crippen LogP contribution is -2.09. The Balaban J connectivity index is 3.00. The molecule has 0 aliphatic rings. The molecule has 0 aliphatic carbocycles. The van der Waals surface area contributed by atoms with E-state index in [1.54, 1.807) is 25.1 Å². The van der Waals surface area contributed by atoms with Crippen molar-refractivity contribution in [1.29, 1.82) is 0 Å². The molecule has 1 aromatic carbocycles. The molecule has 0 aliphatic heterocycles. The molecule has 17 heavy (non-hydrogen) atoms. The number of hydrogen-bond donors (Lipinski definition) is 0. The Kier molecular flexibility index (Phi) is 5.70. The van der Waals surface area contributed by atoms with Crippen LogP contribution in [0.1, 0.15) is 39.6 Å². The second-order valence-corrected chi connectivity index (χ2v) is 3.93. The minimum Gasteiger partial charge on any atom is -0.462 e. The van der Waals surface area contributed by atoms with Crippen molar-refractivity contribution in [3.8, 4) is 0 Å². The SMILES string of the molecule is CCOC(=O)c1ccc(C=O)cc1CCCCl. The summed E-state index contributed by atoms with van der Waals surface area (Å²) in [5.41, 5.74) is 1.89. The van der Waals surface area contributed by atoms with Gasteiger partial charge >= 0.3 is 5.97 Å². The van der Waals surface area contributed by atoms with E-state index in [1.165, 1.54) is 0 Å². The molecule has 0 amide bonds. The number of benzene rings is 1. The van der Waals surface area contributed by atoms with Gasteiger partial charge in [-0.2, -0.15) is 0 Å². The van der Waals surface area contributed by atoms with Crippen LogP contribution in [0.25, 0.3) is 0 Å². The minimum absolute atomic E-state index is 0.337. The van der Waals surface area contributed by atoms with Gasteiger partial charge < -0.3 is 4.74 Å². The number of alkyl halides is 1. The van der Waals surface area contributed by atoms with Crippen LogP contribution in [0.5, 0.6) is 0 Å². The third kappa shape index (κ3) is 3.86. The van der Waals surface area contributed by atoms with Crippen LogP contribution >= 0.6 is 11.6 Å². The molecule has 0 atom stereocenters. The van der Waals surface area contributed by atoms with Crippen LogP contribution in [0.15, 0.2) is 18.2 Å². The Labute approximate surface area is 106 Å². The number of hydrogen-bond acceptors (Lipinski definition) is 3. The molecule has 3 nitrogen and oxygen atoms in total. The highest BCUT2D eigenvalue weighted by molar-refractivity contribution is 6.17. The molecule has 0 saturated heterocycles. The molecule has 0 spiro atoms. The quantitative estimate of drug-likeness (QED) is 0.445. The summed E-state index contributed by atoms with van der Waals surface area (Å²) in [6.07, 6.45) is 2.19. The van der Waals surface area contributed by atoms with Crippen molar-refractivity contribution in [2.45, 2.75) is 19.8 Å². The average molecular weight is 255 g/mol. The highest BCUT2D eigenvalue weighted by atomic mass is 35.5. The monoisotopic (exact) mass is 254 g/mol. The van der Waals surface area contributed by atoms with Gasteiger partial charge in [0.2, 0.25) is 0 Å². The lowest BCUT2D eigenvalue weighted by atomic mass is 10.0. The van der Waals surface area contributed by atoms with Gasteiger partial charge in [0.25, 0.3) is 0 Å². The van der Waals surface area contributed by atoms with Crippen LogP contribution in [0.4, 0.5) is 0 Å². The fraction of sp³-hybridized carbons (Fsp3) is 0.385. The predicted octanol–water partition coefficient (Wildman–Crippen LogP) is 2.85. The van der Waals surface area contributed by atoms with E-state index >= 15 is 0 Å². The third-order valence-electron chi connectivity index (χ3n) is 2.34. The second kappa shape index (κ2) is 7.07. The van der Waals surface area contributed by atoms with Crippen molar-refractivity contribution in [2.24, 2.45) is 0 Å². The van der Waals surface area contributed by atoms with Crippen molar-refractivity contribution in [3.63, 3.8) is 0 Å². The fourth-order valence-electron chi connectivity index (χ4n) is 1.56. The first-order chi connectivity index (χ1) is 8.22. The molecule has 92 valence electrons. The standard InChI is InChI=1S/C13H15ClO3/c1-2-17-13(16)12-6-5-10(9-15)8-11(12)4-3-7-14/h5-6,8-9H,2-4,7H2,1H3. The number of carbonyl (C=O) groups is 2. The number of carbonyl (C=O) groups excluding carboxylic acids is 2. The molecule has 0 heterocycles. The predicted molar refractivity (Wildman–Crippen MR) is 66.8 cm³/mol. The van der Waals surface area contributed by atoms with Crippen LogP contribution in [0, 0.1) is 0 Å². The number of esters is 1. The molecule has 0 aromatic heterocycles. The summed E-state index contributed by atoms with van der Waals surface area (Å²) in [5, 5.41) is 0. The summed E-state index contributed by atoms with van der Waals surface area (Å²) >= 11 is 5.63. The van der Waals surface area contributed by atoms with Gasteiger partial charge in [-0.3, -0.25) is 4.79 Å². The van der Waals surface area contributed by atoms with Gasteiger partial charge in [0.1, 0.15) is 6.29 Å². The van der Waals surface area contributed by atoms with E-state index in [2.05, 4.69) is 0 Å². The van der Waals surface area contributed by atoms with Gasteiger partial charge in [-0.25, -0.2) is 4.79 Å². The van der Waals surface area contributed by atoms with Gasteiger partial charge in [-0.1, -0.05) is 6.07 Å². The van der Waals surface area contributed by atoms with E-state index < -0.39 is 0 Å². The van der Waals surface area contributed by atoms with E-state index in [0.717, 1.165) is 18.3 Å². The number of halogens is 1. The van der Waals surface area contributed by atoms with Crippen LogP contribution in [0.3, 0.4) is 0 Å². The van der Waals surface area contributed by atoms with E-state index in [1.807, 2.05) is 0 Å². The molecular formula is C13H15ClO3. The normalized spacial score (nSPS) is 10.0. The molecule has 0 radical (unpaired) electrons. The van der Waals surface area contributed by atoms with Crippen molar-refractivity contribution in [1.82, 2.24) is 0 Å². The zero-order valence-electron chi connectivity index (χ0n) is 9.74. The summed E-state index contributed by atoms with van der Waals surface area (Å²) in [6, 6.07) is 4.96. The van der Waals surface area contributed by atoms with E-state index in [-0.39, 0.29) is 5.97 Å². The Morgan fingerprint density at radius 1 is 1.47 bits per heavy atom. The summed E-state index contributed by atoms with van der Waals surface area (Å²) in [5.74, 6) is 0.169. The summed E-state index contributed by atoms with van der Waals surface area (Å²) < 4.78 is 4.96. The largest absolute Gasteiger partial charge is 0.462 e. The maximum Gasteiger partial charge on any atom is 0.338 e. The highest BCUT2D eigenvalue weighted by Gasteiger charge is 2.12. The molecule has 1 aromatic rings. The molecular weight excluding hydrogens is 240 g/mol. The average Bonchev–Trinajstić information content (AvgIpc) is 2.36. The van der Waals surface area contributed by atoms with Gasteiger partial charge in [0.15, 0.2) is 0 Å². The number of aldehydes is 1. The molecule has 1 rings (SSSR count). The zero-order valence-corrected chi connectivity index (χ0v) is 10.5. The van der Waals surface area contributed by atoms with Crippen molar-refractivity contribution in [2.75, 3.05) is 12.5 Å². The van der Waals surface area contributed by atoms with Crippen LogP contribution in [-0.2, 0) is 11.2 Å². The first-order valence-corrected chi connectivity index (χ1v) is 6.07. The zero-order chi connectivity index (χ0) is 12.7. The summed E-state index contributed by atoms with van der Waals surface area (Å²) in [4.78, 5) is 22.4. The summed E-state index contributed by atoms with van der Waals surface area (Å²) in [7, 11) is 0. The number of rotatable bonds is 6. The molecule has 0 unspecified atom stereocenters. The molecule has 4 heteroatoms. The summed E-state index contributed by atoms with van der Waals surface area (Å²) in [6.45, 7) is 2.10. The lowest BCUT2D eigenvalue weighted by Gasteiger charge is -2.08. The third-order valence-corrected chi connectivity index (χ3v) is 2.61. The molecule has 0 N–H and O–H groups in total. The molecule has 0 fully saturated rings. The Morgan fingerprint density at radius 2 is 2.24 bits per heavy atom. The number of ether oxygens (including phenoxy) is 1. The lowest BCUT2D eigenvalue weighted by molar-refractivity contribution is 0.0525. The Morgan fingerprint density at radius 3 is 2.82 bits per heavy atom. The first kappa shape index (κ1) is 13.7. The van der Waals surface area contributed by atoms with Crippen molar-refractivity contribution < 1.29 is 14.3 Å². The number of aryl methyl sites for hydroxylation is 1. The van der Waals surface area contributed by atoms with Crippen molar-refractivity contribution in [3.05, 3.63) is 34.9 Å². The molecule has 0 saturated carbocycles. The van der Waals surface area contributed by atoms with E-state index in [4.69, 9.17) is 16.3 Å². The Bertz CT molecular complexity index is 402. The van der Waals surface area contributed by atoms with E-state index in [9.17, 15) is 9.59 Å². The van der Waals surface area contributed by atoms with Gasteiger partial charge in [0, 0.05) is 11.4 Å². The van der Waals surface area contributed by atoms with Crippen LogP contribution in [0.2, 0.25) is 0 Å². The van der Waals surface area contributed by atoms with Gasteiger partial charge in [-0.15, -0.1) is 11.6 Å². The van der Waals surface area contributed by atoms with Crippen molar-refractivity contribution >= 4 is 23.9 Å². The van der Waals surface area contributed by atoms with E-state index in [0.29, 0.717) is 30.0 Å². The van der Waals surface area contributed by atoms with Gasteiger partial charge in [0.05, 0.1) is 12.2 Å². The minimum atomic E-state index is -0.352. The topological polar surface area (TPSA) is 43.4 Å². The second-order valence-electron chi connectivity index (χ2n) is 3.55. The maximum atomic E-state index is 11.7.